The van der Waals surface area contributed by atoms with Crippen LogP contribution in [0.3, 0.4) is 0 Å². The Balaban J connectivity index is 1.82. The lowest BCUT2D eigenvalue weighted by Crippen LogP contribution is -2.29. The molecule has 2 N–H and O–H groups in total. The highest BCUT2D eigenvalue weighted by molar-refractivity contribution is 5.78. The summed E-state index contributed by atoms with van der Waals surface area (Å²) in [5, 5.41) is 20.4. The topological polar surface area (TPSA) is 116 Å². The van der Waals surface area contributed by atoms with Crippen LogP contribution in [0.25, 0.3) is 11.0 Å². The van der Waals surface area contributed by atoms with Crippen molar-refractivity contribution in [3.8, 4) is 11.5 Å². The summed E-state index contributed by atoms with van der Waals surface area (Å²) in [6, 6.07) is 13.6. The second-order valence-corrected chi connectivity index (χ2v) is 8.94. The monoisotopic (exact) mass is 491 g/mol. The summed E-state index contributed by atoms with van der Waals surface area (Å²) in [5.74, 6) is -1.35. The Morgan fingerprint density at radius 1 is 0.972 bits per heavy atom. The SMILES string of the molecule is COC(=O)C[C@@H](c1ccc2c(c1)n(C)c(=O)n2C)c1c(O)cc(C)n(CCc2ccc(O)cc2)c1=O. The zero-order valence-corrected chi connectivity index (χ0v) is 20.7. The van der Waals surface area contributed by atoms with Gasteiger partial charge in [-0.25, -0.2) is 4.79 Å². The van der Waals surface area contributed by atoms with Gasteiger partial charge < -0.3 is 19.5 Å². The molecule has 9 heteroatoms. The highest BCUT2D eigenvalue weighted by atomic mass is 16.5. The van der Waals surface area contributed by atoms with Gasteiger partial charge in [0, 0.05) is 32.3 Å². The minimum Gasteiger partial charge on any atom is -0.508 e. The van der Waals surface area contributed by atoms with Crippen molar-refractivity contribution in [3.05, 3.63) is 91.8 Å². The van der Waals surface area contributed by atoms with Crippen LogP contribution >= 0.6 is 0 Å². The van der Waals surface area contributed by atoms with Crippen LogP contribution in [0, 0.1) is 6.92 Å². The summed E-state index contributed by atoms with van der Waals surface area (Å²) in [6.07, 6.45) is 0.373. The first-order chi connectivity index (χ1) is 17.1. The summed E-state index contributed by atoms with van der Waals surface area (Å²) in [5.41, 5.74) is 2.99. The molecule has 2 aromatic heterocycles. The number of hydrogen-bond acceptors (Lipinski definition) is 6. The quantitative estimate of drug-likeness (QED) is 0.384. The zero-order chi connectivity index (χ0) is 26.1. The average molecular weight is 492 g/mol. The number of imidazole rings is 1. The van der Waals surface area contributed by atoms with Gasteiger partial charge in [0.2, 0.25) is 0 Å². The molecule has 0 fully saturated rings. The smallest absolute Gasteiger partial charge is 0.328 e. The van der Waals surface area contributed by atoms with Crippen LogP contribution in [-0.2, 0) is 36.6 Å². The number of aryl methyl sites for hydroxylation is 4. The molecule has 188 valence electrons. The maximum atomic E-state index is 13.7. The van der Waals surface area contributed by atoms with Gasteiger partial charge in [-0.1, -0.05) is 18.2 Å². The number of methoxy groups -OCH3 is 1. The van der Waals surface area contributed by atoms with Crippen molar-refractivity contribution >= 4 is 17.0 Å². The van der Waals surface area contributed by atoms with Crippen molar-refractivity contribution in [1.29, 1.82) is 0 Å². The molecule has 4 aromatic rings. The average Bonchev–Trinajstić information content (AvgIpc) is 3.07. The van der Waals surface area contributed by atoms with Gasteiger partial charge in [-0.2, -0.15) is 0 Å². The van der Waals surface area contributed by atoms with E-state index in [2.05, 4.69) is 0 Å². The maximum Gasteiger partial charge on any atom is 0.328 e. The number of carbonyl (C=O) groups is 1. The first-order valence-corrected chi connectivity index (χ1v) is 11.6. The molecule has 0 bridgehead atoms. The first kappa shape index (κ1) is 24.8. The fraction of sp³-hybridized carbons (Fsp3) is 0.296. The zero-order valence-electron chi connectivity index (χ0n) is 20.7. The van der Waals surface area contributed by atoms with E-state index < -0.39 is 17.4 Å². The minimum atomic E-state index is -0.787. The van der Waals surface area contributed by atoms with E-state index in [0.717, 1.165) is 5.56 Å². The number of phenolic OH excluding ortho intramolecular Hbond substituents is 1. The number of carbonyl (C=O) groups excluding carboxylic acids is 1. The van der Waals surface area contributed by atoms with Gasteiger partial charge in [0.25, 0.3) is 5.56 Å². The number of phenols is 1. The van der Waals surface area contributed by atoms with Crippen LogP contribution in [0.1, 0.15) is 34.7 Å². The van der Waals surface area contributed by atoms with Crippen molar-refractivity contribution in [1.82, 2.24) is 13.7 Å². The van der Waals surface area contributed by atoms with Gasteiger partial charge in [0.05, 0.1) is 30.1 Å². The Hall–Kier alpha value is -4.27. The van der Waals surface area contributed by atoms with Gasteiger partial charge in [-0.15, -0.1) is 0 Å². The van der Waals surface area contributed by atoms with E-state index in [9.17, 15) is 24.6 Å². The number of esters is 1. The van der Waals surface area contributed by atoms with Crippen molar-refractivity contribution in [2.24, 2.45) is 14.1 Å². The second kappa shape index (κ2) is 9.77. The Morgan fingerprint density at radius 2 is 1.64 bits per heavy atom. The van der Waals surface area contributed by atoms with Crippen molar-refractivity contribution in [3.63, 3.8) is 0 Å². The van der Waals surface area contributed by atoms with Gasteiger partial charge in [0.1, 0.15) is 11.5 Å². The normalized spacial score (nSPS) is 12.1. The van der Waals surface area contributed by atoms with Crippen LogP contribution < -0.4 is 11.2 Å². The molecule has 0 aliphatic carbocycles. The molecule has 0 spiro atoms. The molecule has 36 heavy (non-hydrogen) atoms. The van der Waals surface area contributed by atoms with Crippen LogP contribution in [0.5, 0.6) is 11.5 Å². The van der Waals surface area contributed by atoms with Gasteiger partial charge in [-0.05, 0) is 54.8 Å². The van der Waals surface area contributed by atoms with Crippen molar-refractivity contribution in [2.45, 2.75) is 32.2 Å². The number of rotatable bonds is 7. The molecular formula is C27H29N3O6. The number of benzene rings is 2. The maximum absolute atomic E-state index is 13.7. The predicted octanol–water partition coefficient (Wildman–Crippen LogP) is 2.70. The molecule has 0 aliphatic heterocycles. The third-order valence-electron chi connectivity index (χ3n) is 6.73. The summed E-state index contributed by atoms with van der Waals surface area (Å²) in [4.78, 5) is 38.5. The lowest BCUT2D eigenvalue weighted by Gasteiger charge is -2.21. The lowest BCUT2D eigenvalue weighted by atomic mass is 9.88. The standard InChI is InChI=1S/C27H29N3O6/c1-16-13-23(32)25(26(34)30(16)12-11-17-5-8-19(31)9-6-17)20(15-24(33)36-4)18-7-10-21-22(14-18)29(3)27(35)28(21)2/h5-10,13-14,20,31-32H,11-12,15H2,1-4H3/t20-/m0/s1. The van der Waals surface area contributed by atoms with Crippen LogP contribution in [0.15, 0.2) is 58.1 Å². The van der Waals surface area contributed by atoms with E-state index in [1.165, 1.54) is 22.3 Å². The van der Waals surface area contributed by atoms with E-state index in [1.54, 1.807) is 68.1 Å². The van der Waals surface area contributed by atoms with E-state index in [0.29, 0.717) is 35.3 Å². The van der Waals surface area contributed by atoms with Crippen molar-refractivity contribution in [2.75, 3.05) is 7.11 Å². The largest absolute Gasteiger partial charge is 0.508 e. The molecule has 0 saturated carbocycles. The molecule has 0 saturated heterocycles. The molecule has 0 unspecified atom stereocenters. The summed E-state index contributed by atoms with van der Waals surface area (Å²) >= 11 is 0. The number of aromatic nitrogens is 3. The summed E-state index contributed by atoms with van der Waals surface area (Å²) in [7, 11) is 4.60. The summed E-state index contributed by atoms with van der Waals surface area (Å²) in [6.45, 7) is 2.09. The summed E-state index contributed by atoms with van der Waals surface area (Å²) < 4.78 is 9.49. The number of pyridine rings is 1. The fourth-order valence-electron chi connectivity index (χ4n) is 4.65. The van der Waals surface area contributed by atoms with Crippen molar-refractivity contribution < 1.29 is 19.7 Å². The number of fused-ring (bicyclic) bond motifs is 1. The first-order valence-electron chi connectivity index (χ1n) is 11.6. The molecule has 1 atom stereocenters. The van der Waals surface area contributed by atoms with E-state index in [1.807, 2.05) is 0 Å². The molecule has 2 aromatic carbocycles. The molecule has 0 amide bonds. The molecular weight excluding hydrogens is 462 g/mol. The van der Waals surface area contributed by atoms with Gasteiger partial charge >= 0.3 is 11.7 Å². The molecule has 4 rings (SSSR count). The molecule has 0 aliphatic rings. The predicted molar refractivity (Wildman–Crippen MR) is 136 cm³/mol. The second-order valence-electron chi connectivity index (χ2n) is 8.94. The molecule has 9 nitrogen and oxygen atoms in total. The Labute approximate surface area is 207 Å². The third-order valence-corrected chi connectivity index (χ3v) is 6.73. The Morgan fingerprint density at radius 3 is 2.31 bits per heavy atom. The molecule has 0 radical (unpaired) electrons. The third kappa shape index (κ3) is 4.51. The van der Waals surface area contributed by atoms with Gasteiger partial charge in [0.15, 0.2) is 0 Å². The lowest BCUT2D eigenvalue weighted by molar-refractivity contribution is -0.140. The number of aromatic hydroxyl groups is 2. The number of hydrogen-bond donors (Lipinski definition) is 2. The van der Waals surface area contributed by atoms with Crippen LogP contribution in [0.4, 0.5) is 0 Å². The highest BCUT2D eigenvalue weighted by Gasteiger charge is 2.27. The fourth-order valence-corrected chi connectivity index (χ4v) is 4.65. The van der Waals surface area contributed by atoms with E-state index in [-0.39, 0.29) is 29.2 Å². The van der Waals surface area contributed by atoms with E-state index >= 15 is 0 Å². The number of ether oxygens (including phenoxy) is 1. The highest BCUT2D eigenvalue weighted by Crippen LogP contribution is 2.34. The van der Waals surface area contributed by atoms with Crippen LogP contribution in [-0.4, -0.2) is 37.0 Å². The molecule has 2 heterocycles. The van der Waals surface area contributed by atoms with Gasteiger partial charge in [-0.3, -0.25) is 18.7 Å². The number of nitrogens with zero attached hydrogens (tertiary/aromatic N) is 3. The minimum absolute atomic E-state index is 0.0944. The Bertz CT molecular complexity index is 1560. The van der Waals surface area contributed by atoms with Crippen LogP contribution in [0.2, 0.25) is 0 Å². The van der Waals surface area contributed by atoms with E-state index in [4.69, 9.17) is 4.74 Å². The Kier molecular flexibility index (Phi) is 6.74.